The fourth-order valence-electron chi connectivity index (χ4n) is 4.80. The number of unbranched alkanes of at least 4 members (excludes halogenated alkanes) is 1. The van der Waals surface area contributed by atoms with Crippen molar-refractivity contribution in [1.82, 2.24) is 5.09 Å². The number of hydrogen-bond acceptors (Lipinski definition) is 6. The van der Waals surface area contributed by atoms with Crippen LogP contribution in [0.25, 0.3) is 11.5 Å². The SMILES string of the molecule is O=P1(NCCC[N+]2(CCCCS(=O)(=O)[O-])CCOCC2)C=C(c2ccccc2)OC(c2ccccc2)=C1. The minimum absolute atomic E-state index is 0.317. The summed E-state index contributed by atoms with van der Waals surface area (Å²) < 4.78 is 59.4. The van der Waals surface area contributed by atoms with Gasteiger partial charge in [-0.3, -0.25) is 9.65 Å². The molecule has 2 aliphatic rings. The first-order valence-corrected chi connectivity index (χ1v) is 16.1. The number of hydrogen-bond donors (Lipinski definition) is 1. The Morgan fingerprint density at radius 1 is 0.838 bits per heavy atom. The van der Waals surface area contributed by atoms with Gasteiger partial charge in [0, 0.05) is 41.5 Å². The number of quaternary nitrogens is 1. The molecule has 1 fully saturated rings. The molecule has 0 radical (unpaired) electrons. The average Bonchev–Trinajstić information content (AvgIpc) is 2.90. The second kappa shape index (κ2) is 12.5. The van der Waals surface area contributed by atoms with Crippen molar-refractivity contribution in [3.05, 3.63) is 83.4 Å². The smallest absolute Gasteiger partial charge is 0.198 e. The summed E-state index contributed by atoms with van der Waals surface area (Å²) in [4.78, 5) is 0. The molecule has 37 heavy (non-hydrogen) atoms. The summed E-state index contributed by atoms with van der Waals surface area (Å²) in [5.74, 6) is 4.24. The van der Waals surface area contributed by atoms with Crippen LogP contribution in [0, 0.1) is 0 Å². The zero-order valence-electron chi connectivity index (χ0n) is 21.0. The number of nitrogens with one attached hydrogen (secondary N) is 1. The van der Waals surface area contributed by atoms with E-state index in [-0.39, 0.29) is 5.75 Å². The fraction of sp³-hybridized carbons (Fsp3) is 0.407. The Kier molecular flexibility index (Phi) is 9.40. The van der Waals surface area contributed by atoms with E-state index in [1.807, 2.05) is 60.7 Å². The minimum atomic E-state index is -4.18. The number of rotatable bonds is 12. The zero-order valence-corrected chi connectivity index (χ0v) is 22.7. The van der Waals surface area contributed by atoms with Crippen LogP contribution in [-0.2, 0) is 24.2 Å². The largest absolute Gasteiger partial charge is 0.748 e. The van der Waals surface area contributed by atoms with E-state index in [0.717, 1.165) is 48.2 Å². The van der Waals surface area contributed by atoms with Crippen molar-refractivity contribution in [3.8, 4) is 0 Å². The van der Waals surface area contributed by atoms with Crippen LogP contribution in [0.4, 0.5) is 0 Å². The van der Waals surface area contributed by atoms with Gasteiger partial charge in [-0.1, -0.05) is 60.7 Å². The first kappa shape index (κ1) is 27.8. The van der Waals surface area contributed by atoms with Crippen LogP contribution in [0.5, 0.6) is 0 Å². The van der Waals surface area contributed by atoms with Gasteiger partial charge >= 0.3 is 0 Å². The molecule has 1 saturated heterocycles. The average molecular weight is 547 g/mol. The maximum absolute atomic E-state index is 14.0. The highest BCUT2D eigenvalue weighted by Gasteiger charge is 2.31. The van der Waals surface area contributed by atoms with Crippen LogP contribution in [0.2, 0.25) is 0 Å². The van der Waals surface area contributed by atoms with Gasteiger partial charge in [-0.25, -0.2) is 8.42 Å². The third-order valence-electron chi connectivity index (χ3n) is 6.82. The van der Waals surface area contributed by atoms with E-state index >= 15 is 0 Å². The molecule has 2 heterocycles. The van der Waals surface area contributed by atoms with Gasteiger partial charge in [0.1, 0.15) is 24.6 Å². The lowest BCUT2D eigenvalue weighted by Gasteiger charge is -2.41. The van der Waals surface area contributed by atoms with Gasteiger partial charge in [-0.15, -0.1) is 0 Å². The minimum Gasteiger partial charge on any atom is -0.748 e. The molecule has 2 aliphatic heterocycles. The maximum Gasteiger partial charge on any atom is 0.198 e. The van der Waals surface area contributed by atoms with Gasteiger partial charge in [-0.2, -0.15) is 0 Å². The van der Waals surface area contributed by atoms with Crippen LogP contribution in [0.15, 0.2) is 72.3 Å². The van der Waals surface area contributed by atoms with E-state index in [1.54, 1.807) is 11.6 Å². The molecule has 2 aromatic rings. The lowest BCUT2D eigenvalue weighted by Crippen LogP contribution is -2.56. The summed E-state index contributed by atoms with van der Waals surface area (Å²) in [6.45, 7) is 5.26. The molecule has 0 amide bonds. The molecule has 8 nitrogen and oxygen atoms in total. The van der Waals surface area contributed by atoms with Crippen molar-refractivity contribution < 1.29 is 31.5 Å². The van der Waals surface area contributed by atoms with Gasteiger partial charge in [0.25, 0.3) is 0 Å². The van der Waals surface area contributed by atoms with Crippen molar-refractivity contribution in [2.45, 2.75) is 19.3 Å². The molecule has 0 aromatic heterocycles. The molecule has 200 valence electrons. The monoisotopic (exact) mass is 546 g/mol. The lowest BCUT2D eigenvalue weighted by molar-refractivity contribution is -0.935. The van der Waals surface area contributed by atoms with E-state index in [0.29, 0.717) is 44.1 Å². The van der Waals surface area contributed by atoms with Crippen LogP contribution in [0.3, 0.4) is 0 Å². The molecule has 4 rings (SSSR count). The first-order chi connectivity index (χ1) is 17.8. The van der Waals surface area contributed by atoms with Crippen LogP contribution in [-0.4, -0.2) is 69.1 Å². The third-order valence-corrected chi connectivity index (χ3v) is 9.56. The summed E-state index contributed by atoms with van der Waals surface area (Å²) in [7, 11) is -7.21. The van der Waals surface area contributed by atoms with Crippen molar-refractivity contribution in [2.24, 2.45) is 0 Å². The highest BCUT2D eigenvalue weighted by atomic mass is 32.2. The molecule has 1 N–H and O–H groups in total. The van der Waals surface area contributed by atoms with Gasteiger partial charge < -0.3 is 18.5 Å². The van der Waals surface area contributed by atoms with Crippen molar-refractivity contribution >= 4 is 28.9 Å². The van der Waals surface area contributed by atoms with Gasteiger partial charge in [0.05, 0.1) is 36.4 Å². The van der Waals surface area contributed by atoms with Gasteiger partial charge in [0.15, 0.2) is 7.29 Å². The molecular weight excluding hydrogens is 511 g/mol. The van der Waals surface area contributed by atoms with E-state index in [1.165, 1.54) is 0 Å². The number of morpholine rings is 1. The Labute approximate surface area is 219 Å². The highest BCUT2D eigenvalue weighted by Crippen LogP contribution is 2.53. The standard InChI is InChI=1S/C27H35N2O6PS/c30-36(28-14-9-16-29(17-19-34-20-18-29)15-7-8-21-37(31,32)33)22-26(24-10-3-1-4-11-24)35-27(23-36)25-12-5-2-6-13-25/h1-6,10-13,22-23H,7-9,14-21H2,(H-,28,30,31,32,33). The van der Waals surface area contributed by atoms with Crippen LogP contribution >= 0.6 is 7.29 Å². The van der Waals surface area contributed by atoms with Crippen molar-refractivity contribution in [2.75, 3.05) is 51.7 Å². The predicted molar refractivity (Wildman–Crippen MR) is 144 cm³/mol. The Morgan fingerprint density at radius 3 is 1.92 bits per heavy atom. The van der Waals surface area contributed by atoms with Gasteiger partial charge in [0.2, 0.25) is 0 Å². The molecule has 0 aliphatic carbocycles. The molecule has 2 aromatic carbocycles. The molecule has 0 spiro atoms. The summed E-state index contributed by atoms with van der Waals surface area (Å²) in [6, 6.07) is 19.3. The van der Waals surface area contributed by atoms with E-state index in [4.69, 9.17) is 9.47 Å². The Morgan fingerprint density at radius 2 is 1.38 bits per heavy atom. The Bertz CT molecular complexity index is 1180. The number of benzene rings is 2. The predicted octanol–water partition coefficient (Wildman–Crippen LogP) is 4.44. The van der Waals surface area contributed by atoms with Crippen LogP contribution < -0.4 is 5.09 Å². The summed E-state index contributed by atoms with van der Waals surface area (Å²) in [5, 5.41) is 3.30. The van der Waals surface area contributed by atoms with Crippen molar-refractivity contribution in [3.63, 3.8) is 0 Å². The molecule has 10 heteroatoms. The summed E-state index contributed by atoms with van der Waals surface area (Å²) in [6.07, 6.45) is 1.85. The second-order valence-electron chi connectivity index (χ2n) is 9.61. The van der Waals surface area contributed by atoms with Gasteiger partial charge in [-0.05, 0) is 12.8 Å². The number of ether oxygens (including phenoxy) is 2. The summed E-state index contributed by atoms with van der Waals surface area (Å²) >= 11 is 0. The topological polar surface area (TPSA) is 105 Å². The Hall–Kier alpha value is -2.26. The Balaban J connectivity index is 1.42. The highest BCUT2D eigenvalue weighted by molar-refractivity contribution is 7.85. The van der Waals surface area contributed by atoms with Crippen LogP contribution in [0.1, 0.15) is 30.4 Å². The molecule has 0 unspecified atom stereocenters. The van der Waals surface area contributed by atoms with E-state index in [2.05, 4.69) is 5.09 Å². The normalized spacial score (nSPS) is 18.9. The fourth-order valence-corrected chi connectivity index (χ4v) is 7.23. The summed E-state index contributed by atoms with van der Waals surface area (Å²) in [5.41, 5.74) is 1.73. The maximum atomic E-state index is 14.0. The quantitative estimate of drug-likeness (QED) is 0.182. The third kappa shape index (κ3) is 8.37. The van der Waals surface area contributed by atoms with E-state index < -0.39 is 17.4 Å². The first-order valence-electron chi connectivity index (χ1n) is 12.7. The molecule has 0 atom stereocenters. The zero-order chi connectivity index (χ0) is 26.2. The van der Waals surface area contributed by atoms with E-state index in [9.17, 15) is 17.5 Å². The number of nitrogens with zero attached hydrogens (tertiary/aromatic N) is 1. The molecule has 0 bridgehead atoms. The molecule has 0 saturated carbocycles. The van der Waals surface area contributed by atoms with Crippen molar-refractivity contribution in [1.29, 1.82) is 0 Å². The lowest BCUT2D eigenvalue weighted by atomic mass is 10.2. The second-order valence-corrected chi connectivity index (χ2v) is 13.4. The molecular formula is C27H35N2O6PS.